The number of hydrazone groups is 1. The van der Waals surface area contributed by atoms with E-state index >= 15 is 0 Å². The second-order valence-corrected chi connectivity index (χ2v) is 14.8. The topological polar surface area (TPSA) is 24.4 Å². The van der Waals surface area contributed by atoms with Crippen molar-refractivity contribution in [3.63, 3.8) is 0 Å². The Bertz CT molecular complexity index is 985. The van der Waals surface area contributed by atoms with E-state index in [9.17, 15) is 0 Å². The van der Waals surface area contributed by atoms with Crippen LogP contribution < -0.4 is 21.1 Å². The molecule has 0 amide bonds. The average Bonchev–Trinajstić information content (AvgIpc) is 2.81. The van der Waals surface area contributed by atoms with Crippen LogP contribution in [0.25, 0.3) is 0 Å². The van der Waals surface area contributed by atoms with Crippen molar-refractivity contribution in [2.75, 3.05) is 0 Å². The summed E-state index contributed by atoms with van der Waals surface area (Å²) in [5, 5.41) is 11.9. The number of hydrogen-bond acceptors (Lipinski definition) is 2. The van der Waals surface area contributed by atoms with E-state index in [0.717, 1.165) is 5.56 Å². The summed E-state index contributed by atoms with van der Waals surface area (Å²) in [4.78, 5) is 0. The molecule has 29 heavy (non-hydrogen) atoms. The van der Waals surface area contributed by atoms with Crippen LogP contribution in [0.1, 0.15) is 5.56 Å². The van der Waals surface area contributed by atoms with Gasteiger partial charge in [0.2, 0.25) is 0 Å². The van der Waals surface area contributed by atoms with Gasteiger partial charge in [0.1, 0.15) is 0 Å². The molecule has 0 saturated heterocycles. The summed E-state index contributed by atoms with van der Waals surface area (Å²) in [5.74, 6) is 0. The van der Waals surface area contributed by atoms with Crippen molar-refractivity contribution in [3.05, 3.63) is 127 Å². The Morgan fingerprint density at radius 3 is 1.28 bits per heavy atom. The molecule has 0 unspecified atom stereocenters. The first-order valence-electron chi connectivity index (χ1n) is 9.48. The van der Waals surface area contributed by atoms with Crippen molar-refractivity contribution in [2.45, 2.75) is 0 Å². The zero-order chi connectivity index (χ0) is 20.0. The van der Waals surface area contributed by atoms with Gasteiger partial charge in [0.25, 0.3) is 0 Å². The first-order valence-corrected chi connectivity index (χ1v) is 13.7. The molecule has 1 N–H and O–H groups in total. The molecule has 4 heteroatoms. The fourth-order valence-electron chi connectivity index (χ4n) is 3.50. The second-order valence-electron chi connectivity index (χ2n) is 6.78. The van der Waals surface area contributed by atoms with Crippen LogP contribution in [-0.2, 0) is 0 Å². The Hall–Kier alpha value is -2.74. The number of nitrogens with one attached hydrogen (secondary N) is 1. The van der Waals surface area contributed by atoms with Crippen molar-refractivity contribution < 1.29 is 0 Å². The van der Waals surface area contributed by atoms with E-state index in [0.29, 0.717) is 0 Å². The molecular formula is C25H22BrN2P. The van der Waals surface area contributed by atoms with E-state index in [2.05, 4.69) is 93.5 Å². The summed E-state index contributed by atoms with van der Waals surface area (Å²) < 4.78 is 0. The Labute approximate surface area is 180 Å². The average molecular weight is 461 g/mol. The van der Waals surface area contributed by atoms with Gasteiger partial charge in [-0.2, -0.15) is 0 Å². The van der Waals surface area contributed by atoms with Crippen LogP contribution in [-0.4, -0.2) is 6.21 Å². The van der Waals surface area contributed by atoms with E-state index in [1.54, 1.807) is 0 Å². The molecular weight excluding hydrogens is 439 g/mol. The number of nitrogens with zero attached hydrogens (tertiary/aromatic N) is 1. The summed E-state index contributed by atoms with van der Waals surface area (Å²) in [5.41, 5.74) is -2.18. The van der Waals surface area contributed by atoms with Crippen molar-refractivity contribution in [3.8, 4) is 0 Å². The van der Waals surface area contributed by atoms with Gasteiger partial charge in [0, 0.05) is 0 Å². The number of benzene rings is 4. The molecule has 0 bridgehead atoms. The normalized spacial score (nSPS) is 12.9. The molecule has 0 aliphatic rings. The van der Waals surface area contributed by atoms with Crippen LogP contribution in [0.4, 0.5) is 0 Å². The Balaban J connectivity index is 1.95. The van der Waals surface area contributed by atoms with Gasteiger partial charge in [-0.3, -0.25) is 0 Å². The fraction of sp³-hybridized carbons (Fsp3) is 0. The number of rotatable bonds is 6. The second kappa shape index (κ2) is 8.32. The summed E-state index contributed by atoms with van der Waals surface area (Å²) >= 11 is 4.30. The SMILES string of the molecule is BrP(N/N=C/c1ccccc1)(c1ccccc1)(c1ccccc1)c1ccccc1. The van der Waals surface area contributed by atoms with E-state index < -0.39 is 5.46 Å². The summed E-state index contributed by atoms with van der Waals surface area (Å²) in [6.45, 7) is 0. The molecule has 0 atom stereocenters. The van der Waals surface area contributed by atoms with Crippen LogP contribution in [0.5, 0.6) is 0 Å². The van der Waals surface area contributed by atoms with Gasteiger partial charge in [-0.25, -0.2) is 0 Å². The zero-order valence-corrected chi connectivity index (χ0v) is 18.4. The van der Waals surface area contributed by atoms with E-state index in [-0.39, 0.29) is 0 Å². The molecule has 0 radical (unpaired) electrons. The van der Waals surface area contributed by atoms with Crippen LogP contribution in [0.3, 0.4) is 0 Å². The van der Waals surface area contributed by atoms with Gasteiger partial charge in [0.15, 0.2) is 0 Å². The minimum absolute atomic E-state index is 1.05. The molecule has 0 fully saturated rings. The molecule has 2 nitrogen and oxygen atoms in total. The number of halogens is 1. The molecule has 0 aliphatic carbocycles. The van der Waals surface area contributed by atoms with Crippen LogP contribution in [0.15, 0.2) is 126 Å². The third-order valence-electron chi connectivity index (χ3n) is 4.98. The standard InChI is InChI=1S/C25H22BrN2P/c26-29(23-15-7-2-8-16-23,24-17-9-3-10-18-24,25-19-11-4-12-20-25)28-27-21-22-13-5-1-6-14-22/h1-21,28H/b27-21+. The van der Waals surface area contributed by atoms with E-state index in [1.807, 2.05) is 54.7 Å². The van der Waals surface area contributed by atoms with Gasteiger partial charge < -0.3 is 0 Å². The Kier molecular flexibility index (Phi) is 5.62. The predicted octanol–water partition coefficient (Wildman–Crippen LogP) is 5.36. The first kappa shape index (κ1) is 19.6. The fourth-order valence-corrected chi connectivity index (χ4v) is 9.61. The Morgan fingerprint density at radius 1 is 0.552 bits per heavy atom. The van der Waals surface area contributed by atoms with Crippen molar-refractivity contribution in [2.24, 2.45) is 5.10 Å². The van der Waals surface area contributed by atoms with E-state index in [4.69, 9.17) is 5.10 Å². The third-order valence-corrected chi connectivity index (χ3v) is 13.4. The maximum absolute atomic E-state index is 4.75. The summed E-state index contributed by atoms with van der Waals surface area (Å²) in [7, 11) is 0. The zero-order valence-electron chi connectivity index (χ0n) is 15.9. The summed E-state index contributed by atoms with van der Waals surface area (Å²) in [6, 6.07) is 41.7. The molecule has 0 aliphatic heterocycles. The molecule has 144 valence electrons. The maximum atomic E-state index is 4.75. The predicted molar refractivity (Wildman–Crippen MR) is 131 cm³/mol. The molecule has 0 saturated carbocycles. The van der Waals surface area contributed by atoms with Crippen molar-refractivity contribution >= 4 is 43.1 Å². The molecule has 0 aromatic heterocycles. The molecule has 0 spiro atoms. The molecule has 4 aromatic carbocycles. The van der Waals surface area contributed by atoms with Gasteiger partial charge in [0.05, 0.1) is 0 Å². The third kappa shape index (κ3) is 3.64. The van der Waals surface area contributed by atoms with Crippen molar-refractivity contribution in [1.82, 2.24) is 5.20 Å². The van der Waals surface area contributed by atoms with Gasteiger partial charge >= 0.3 is 180 Å². The Morgan fingerprint density at radius 2 is 0.897 bits per heavy atom. The molecule has 4 aromatic rings. The quantitative estimate of drug-likeness (QED) is 0.233. The van der Waals surface area contributed by atoms with Gasteiger partial charge in [-0.05, 0) is 0 Å². The van der Waals surface area contributed by atoms with E-state index in [1.165, 1.54) is 15.9 Å². The van der Waals surface area contributed by atoms with Crippen LogP contribution in [0.2, 0.25) is 0 Å². The number of hydrogen-bond donors (Lipinski definition) is 1. The van der Waals surface area contributed by atoms with Crippen LogP contribution in [0, 0.1) is 0 Å². The first-order chi connectivity index (χ1) is 14.2. The van der Waals surface area contributed by atoms with Gasteiger partial charge in [-0.1, -0.05) is 0 Å². The minimum atomic E-state index is -3.23. The van der Waals surface area contributed by atoms with Gasteiger partial charge in [-0.15, -0.1) is 0 Å². The molecule has 4 rings (SSSR count). The summed E-state index contributed by atoms with van der Waals surface area (Å²) in [6.07, 6.45) is 1.87. The van der Waals surface area contributed by atoms with Crippen LogP contribution >= 0.6 is 20.9 Å². The monoisotopic (exact) mass is 460 g/mol. The van der Waals surface area contributed by atoms with Crippen molar-refractivity contribution in [1.29, 1.82) is 0 Å². The molecule has 0 heterocycles.